The third-order valence-corrected chi connectivity index (χ3v) is 4.10. The van der Waals surface area contributed by atoms with Crippen LogP contribution in [0, 0.1) is 5.92 Å². The fourth-order valence-electron chi connectivity index (χ4n) is 2.70. The fraction of sp³-hybridized carbons (Fsp3) is 0.714. The summed E-state index contributed by atoms with van der Waals surface area (Å²) in [6.07, 6.45) is 3.22. The number of nitrogens with one attached hydrogen (secondary N) is 1. The largest absolute Gasteiger partial charge is 0.395 e. The van der Waals surface area contributed by atoms with Gasteiger partial charge in [0.25, 0.3) is 0 Å². The molecule has 0 radical (unpaired) electrons. The molecule has 6 nitrogen and oxygen atoms in total. The van der Waals surface area contributed by atoms with Crippen LogP contribution in [0.1, 0.15) is 26.7 Å². The van der Waals surface area contributed by atoms with Crippen molar-refractivity contribution in [3.8, 4) is 0 Å². The van der Waals surface area contributed by atoms with Crippen LogP contribution in [-0.2, 0) is 0 Å². The molecule has 0 spiro atoms. The summed E-state index contributed by atoms with van der Waals surface area (Å²) in [6.45, 7) is 6.18. The van der Waals surface area contributed by atoms with Crippen LogP contribution >= 0.6 is 0 Å². The molecule has 0 saturated carbocycles. The molecule has 112 valence electrons. The maximum Gasteiger partial charge on any atom is 0.134 e. The highest BCUT2D eigenvalue weighted by atomic mass is 16.3. The number of anilines is 2. The summed E-state index contributed by atoms with van der Waals surface area (Å²) in [5, 5.41) is 22.2. The van der Waals surface area contributed by atoms with E-state index in [-0.39, 0.29) is 12.5 Å². The zero-order valence-corrected chi connectivity index (χ0v) is 12.2. The van der Waals surface area contributed by atoms with Gasteiger partial charge in [-0.25, -0.2) is 9.97 Å². The molecule has 0 amide bonds. The van der Waals surface area contributed by atoms with E-state index in [0.717, 1.165) is 37.6 Å². The number of hydrogen-bond acceptors (Lipinski definition) is 6. The lowest BCUT2D eigenvalue weighted by Gasteiger charge is -2.43. The van der Waals surface area contributed by atoms with Gasteiger partial charge in [0.1, 0.15) is 18.0 Å². The summed E-state index contributed by atoms with van der Waals surface area (Å²) in [5.74, 6) is 1.84. The lowest BCUT2D eigenvalue weighted by Crippen LogP contribution is -2.50. The molecule has 1 saturated heterocycles. The standard InChI is InChI=1S/C14H24N4O2/c1-3-11-9-18(6-4-14(11,2)20)13-8-12(15-5-7-19)16-10-17-13/h8,10-11,19-20H,3-7,9H2,1-2H3,(H,15,16,17)/t11-,14+/m0/s1. The van der Waals surface area contributed by atoms with Crippen molar-refractivity contribution in [3.05, 3.63) is 12.4 Å². The zero-order chi connectivity index (χ0) is 14.6. The van der Waals surface area contributed by atoms with Crippen LogP contribution in [0.15, 0.2) is 12.4 Å². The first kappa shape index (κ1) is 15.0. The molecule has 1 aliphatic rings. The molecule has 0 bridgehead atoms. The topological polar surface area (TPSA) is 81.5 Å². The van der Waals surface area contributed by atoms with Crippen LogP contribution in [0.2, 0.25) is 0 Å². The van der Waals surface area contributed by atoms with E-state index >= 15 is 0 Å². The van der Waals surface area contributed by atoms with Crippen LogP contribution in [0.25, 0.3) is 0 Å². The maximum atomic E-state index is 10.4. The van der Waals surface area contributed by atoms with E-state index in [2.05, 4.69) is 27.1 Å². The summed E-state index contributed by atoms with van der Waals surface area (Å²) in [5.41, 5.74) is -0.587. The van der Waals surface area contributed by atoms with E-state index in [1.54, 1.807) is 0 Å². The van der Waals surface area contributed by atoms with Crippen molar-refractivity contribution >= 4 is 11.6 Å². The summed E-state index contributed by atoms with van der Waals surface area (Å²) < 4.78 is 0. The van der Waals surface area contributed by atoms with E-state index in [0.29, 0.717) is 6.54 Å². The molecular weight excluding hydrogens is 256 g/mol. The minimum Gasteiger partial charge on any atom is -0.395 e. The van der Waals surface area contributed by atoms with Gasteiger partial charge in [-0.15, -0.1) is 0 Å². The highest BCUT2D eigenvalue weighted by molar-refractivity contribution is 5.48. The highest BCUT2D eigenvalue weighted by Gasteiger charge is 2.36. The van der Waals surface area contributed by atoms with Crippen molar-refractivity contribution in [2.75, 3.05) is 36.5 Å². The SMILES string of the molecule is CC[C@H]1CN(c2cc(NCCO)ncn2)CC[C@@]1(C)O. The second-order valence-corrected chi connectivity index (χ2v) is 5.57. The first-order valence-corrected chi connectivity index (χ1v) is 7.21. The number of aromatic nitrogens is 2. The van der Waals surface area contributed by atoms with Crippen LogP contribution in [0.3, 0.4) is 0 Å². The molecule has 2 rings (SSSR count). The monoisotopic (exact) mass is 280 g/mol. The van der Waals surface area contributed by atoms with E-state index in [1.165, 1.54) is 6.33 Å². The van der Waals surface area contributed by atoms with E-state index in [4.69, 9.17) is 5.11 Å². The number of aliphatic hydroxyl groups excluding tert-OH is 1. The summed E-state index contributed by atoms with van der Waals surface area (Å²) in [4.78, 5) is 10.6. The quantitative estimate of drug-likeness (QED) is 0.742. The van der Waals surface area contributed by atoms with Crippen molar-refractivity contribution in [3.63, 3.8) is 0 Å². The summed E-state index contributed by atoms with van der Waals surface area (Å²) >= 11 is 0. The molecular formula is C14H24N4O2. The Balaban J connectivity index is 2.08. The molecule has 0 aromatic carbocycles. The molecule has 20 heavy (non-hydrogen) atoms. The average Bonchev–Trinajstić information content (AvgIpc) is 2.45. The first-order valence-electron chi connectivity index (χ1n) is 7.21. The van der Waals surface area contributed by atoms with Crippen LogP contribution in [0.5, 0.6) is 0 Å². The second kappa shape index (κ2) is 6.37. The molecule has 1 fully saturated rings. The Morgan fingerprint density at radius 3 is 3.00 bits per heavy atom. The third-order valence-electron chi connectivity index (χ3n) is 4.10. The summed E-state index contributed by atoms with van der Waals surface area (Å²) in [6, 6.07) is 1.89. The van der Waals surface area contributed by atoms with Crippen molar-refractivity contribution in [2.24, 2.45) is 5.92 Å². The van der Waals surface area contributed by atoms with Gasteiger partial charge < -0.3 is 20.4 Å². The average molecular weight is 280 g/mol. The van der Waals surface area contributed by atoms with Crippen LogP contribution in [-0.4, -0.2) is 52.0 Å². The molecule has 0 aliphatic carbocycles. The fourth-order valence-corrected chi connectivity index (χ4v) is 2.70. The summed E-state index contributed by atoms with van der Waals surface area (Å²) in [7, 11) is 0. The minimum atomic E-state index is -0.587. The van der Waals surface area contributed by atoms with E-state index < -0.39 is 5.60 Å². The second-order valence-electron chi connectivity index (χ2n) is 5.57. The third kappa shape index (κ3) is 3.37. The first-order chi connectivity index (χ1) is 9.56. The minimum absolute atomic E-state index is 0.0732. The van der Waals surface area contributed by atoms with Gasteiger partial charge in [0.05, 0.1) is 12.2 Å². The maximum absolute atomic E-state index is 10.4. The Labute approximate surface area is 119 Å². The Kier molecular flexibility index (Phi) is 4.77. The molecule has 1 aromatic heterocycles. The van der Waals surface area contributed by atoms with Crippen molar-refractivity contribution in [1.29, 1.82) is 0 Å². The van der Waals surface area contributed by atoms with Gasteiger partial charge in [-0.3, -0.25) is 0 Å². The molecule has 6 heteroatoms. The van der Waals surface area contributed by atoms with Crippen LogP contribution < -0.4 is 10.2 Å². The Morgan fingerprint density at radius 1 is 1.50 bits per heavy atom. The predicted molar refractivity (Wildman–Crippen MR) is 78.8 cm³/mol. The van der Waals surface area contributed by atoms with Gasteiger partial charge >= 0.3 is 0 Å². The smallest absolute Gasteiger partial charge is 0.134 e. The Morgan fingerprint density at radius 2 is 2.30 bits per heavy atom. The van der Waals surface area contributed by atoms with E-state index in [9.17, 15) is 5.11 Å². The van der Waals surface area contributed by atoms with Crippen molar-refractivity contribution in [2.45, 2.75) is 32.3 Å². The lowest BCUT2D eigenvalue weighted by atomic mass is 9.81. The van der Waals surface area contributed by atoms with E-state index in [1.807, 2.05) is 13.0 Å². The number of aliphatic hydroxyl groups is 2. The van der Waals surface area contributed by atoms with Gasteiger partial charge in [0, 0.05) is 31.6 Å². The Hall–Kier alpha value is -1.40. The molecule has 1 aromatic rings. The lowest BCUT2D eigenvalue weighted by molar-refractivity contribution is -0.0183. The van der Waals surface area contributed by atoms with Gasteiger partial charge in [-0.1, -0.05) is 6.92 Å². The van der Waals surface area contributed by atoms with Gasteiger partial charge in [-0.2, -0.15) is 0 Å². The van der Waals surface area contributed by atoms with Gasteiger partial charge in [0.15, 0.2) is 0 Å². The van der Waals surface area contributed by atoms with Gasteiger partial charge in [0.2, 0.25) is 0 Å². The molecule has 2 atom stereocenters. The van der Waals surface area contributed by atoms with Crippen molar-refractivity contribution < 1.29 is 10.2 Å². The normalized spacial score (nSPS) is 26.6. The van der Waals surface area contributed by atoms with Crippen LogP contribution in [0.4, 0.5) is 11.6 Å². The highest BCUT2D eigenvalue weighted by Crippen LogP contribution is 2.32. The number of rotatable bonds is 5. The molecule has 0 unspecified atom stereocenters. The number of nitrogens with zero attached hydrogens (tertiary/aromatic N) is 3. The number of hydrogen-bond donors (Lipinski definition) is 3. The number of piperidine rings is 1. The zero-order valence-electron chi connectivity index (χ0n) is 12.2. The molecule has 3 N–H and O–H groups in total. The molecule has 2 heterocycles. The Bertz CT molecular complexity index is 439. The predicted octanol–water partition coefficient (Wildman–Crippen LogP) is 0.868. The van der Waals surface area contributed by atoms with Gasteiger partial charge in [-0.05, 0) is 19.8 Å². The van der Waals surface area contributed by atoms with Crippen molar-refractivity contribution in [1.82, 2.24) is 9.97 Å². The molecule has 1 aliphatic heterocycles.